The summed E-state index contributed by atoms with van der Waals surface area (Å²) < 4.78 is 27.3. The van der Waals surface area contributed by atoms with Crippen molar-refractivity contribution in [3.63, 3.8) is 0 Å². The lowest BCUT2D eigenvalue weighted by atomic mass is 9.74. The van der Waals surface area contributed by atoms with Crippen LogP contribution in [-0.4, -0.2) is 11.2 Å². The van der Waals surface area contributed by atoms with E-state index in [2.05, 4.69) is 0 Å². The van der Waals surface area contributed by atoms with Crippen molar-refractivity contribution in [3.05, 3.63) is 41.5 Å². The molecule has 1 atom stereocenters. The smallest absolute Gasteiger partial charge is 0.133 e. The molecule has 0 saturated heterocycles. The molecule has 1 aromatic carbocycles. The molecule has 1 nitrogen and oxygen atoms in total. The van der Waals surface area contributed by atoms with Crippen LogP contribution in [0, 0.1) is 17.0 Å². The van der Waals surface area contributed by atoms with Gasteiger partial charge < -0.3 is 5.11 Å². The third-order valence-corrected chi connectivity index (χ3v) is 3.11. The molecule has 0 aromatic heterocycles. The first-order chi connectivity index (χ1) is 7.89. The first kappa shape index (κ1) is 12.2. The van der Waals surface area contributed by atoms with Gasteiger partial charge in [-0.2, -0.15) is 0 Å². The van der Waals surface area contributed by atoms with Crippen LogP contribution in [0.3, 0.4) is 0 Å². The van der Waals surface area contributed by atoms with Crippen LogP contribution in [0.4, 0.5) is 8.78 Å². The summed E-state index contributed by atoms with van der Waals surface area (Å²) in [4.78, 5) is 0. The van der Waals surface area contributed by atoms with E-state index in [9.17, 15) is 13.9 Å². The van der Waals surface area contributed by atoms with Crippen LogP contribution >= 0.6 is 0 Å². The molecule has 0 fully saturated rings. The fraction of sp³-hybridized carbons (Fsp3) is 0.429. The third kappa shape index (κ3) is 2.55. The minimum Gasteiger partial charge on any atom is -0.389 e. The zero-order valence-electron chi connectivity index (χ0n) is 10.0. The molecule has 0 saturated carbocycles. The Balaban J connectivity index is 2.47. The summed E-state index contributed by atoms with van der Waals surface area (Å²) >= 11 is 0. The number of halogens is 2. The number of rotatable bonds is 1. The maximum atomic E-state index is 13.7. The van der Waals surface area contributed by atoms with E-state index < -0.39 is 17.7 Å². The van der Waals surface area contributed by atoms with Crippen LogP contribution in [0.2, 0.25) is 0 Å². The summed E-state index contributed by atoms with van der Waals surface area (Å²) in [7, 11) is 0. The first-order valence-corrected chi connectivity index (χ1v) is 5.72. The third-order valence-electron chi connectivity index (χ3n) is 3.11. The highest BCUT2D eigenvalue weighted by Crippen LogP contribution is 2.40. The molecule has 3 heteroatoms. The maximum absolute atomic E-state index is 13.7. The van der Waals surface area contributed by atoms with E-state index in [0.717, 1.165) is 0 Å². The van der Waals surface area contributed by atoms with Crippen molar-refractivity contribution in [2.45, 2.75) is 32.8 Å². The average molecular weight is 238 g/mol. The van der Waals surface area contributed by atoms with Gasteiger partial charge in [0.15, 0.2) is 0 Å². The van der Waals surface area contributed by atoms with Gasteiger partial charge in [0.2, 0.25) is 0 Å². The lowest BCUT2D eigenvalue weighted by molar-refractivity contribution is 0.146. The van der Waals surface area contributed by atoms with E-state index in [1.807, 2.05) is 13.8 Å². The van der Waals surface area contributed by atoms with Crippen molar-refractivity contribution in [1.82, 2.24) is 0 Å². The van der Waals surface area contributed by atoms with Gasteiger partial charge in [-0.1, -0.05) is 26.0 Å². The van der Waals surface area contributed by atoms with Gasteiger partial charge in [0.25, 0.3) is 0 Å². The summed E-state index contributed by atoms with van der Waals surface area (Å²) in [6, 6.07) is 3.83. The van der Waals surface area contributed by atoms with E-state index in [-0.39, 0.29) is 11.0 Å². The molecule has 0 bridgehead atoms. The van der Waals surface area contributed by atoms with E-state index in [4.69, 9.17) is 0 Å². The van der Waals surface area contributed by atoms with Crippen molar-refractivity contribution >= 4 is 5.57 Å². The Hall–Kier alpha value is -1.22. The highest BCUT2D eigenvalue weighted by atomic mass is 19.1. The summed E-state index contributed by atoms with van der Waals surface area (Å²) in [5, 5.41) is 9.74. The Morgan fingerprint density at radius 2 is 1.82 bits per heavy atom. The second-order valence-electron chi connectivity index (χ2n) is 5.40. The van der Waals surface area contributed by atoms with Gasteiger partial charge in [0.05, 0.1) is 6.10 Å². The van der Waals surface area contributed by atoms with Crippen molar-refractivity contribution in [1.29, 1.82) is 0 Å². The monoisotopic (exact) mass is 238 g/mol. The van der Waals surface area contributed by atoms with Crippen LogP contribution in [0.1, 0.15) is 32.3 Å². The number of aliphatic hydroxyl groups is 1. The van der Waals surface area contributed by atoms with Crippen LogP contribution < -0.4 is 0 Å². The molecular weight excluding hydrogens is 222 g/mol. The first-order valence-electron chi connectivity index (χ1n) is 5.72. The molecule has 1 aliphatic carbocycles. The van der Waals surface area contributed by atoms with E-state index in [0.29, 0.717) is 18.4 Å². The quantitative estimate of drug-likeness (QED) is 0.793. The molecule has 92 valence electrons. The minimum absolute atomic E-state index is 0.000625. The lowest BCUT2D eigenvalue weighted by Gasteiger charge is -2.32. The molecule has 1 aliphatic rings. The Morgan fingerprint density at radius 3 is 2.35 bits per heavy atom. The number of aliphatic hydroxyl groups excluding tert-OH is 1. The van der Waals surface area contributed by atoms with E-state index >= 15 is 0 Å². The number of hydrogen-bond donors (Lipinski definition) is 1. The topological polar surface area (TPSA) is 20.2 Å². The molecule has 0 aliphatic heterocycles. The van der Waals surface area contributed by atoms with Gasteiger partial charge >= 0.3 is 0 Å². The highest BCUT2D eigenvalue weighted by molar-refractivity contribution is 5.68. The summed E-state index contributed by atoms with van der Waals surface area (Å²) in [5.41, 5.74) is 0.418. The average Bonchev–Trinajstić information content (AvgIpc) is 2.13. The largest absolute Gasteiger partial charge is 0.389 e. The SMILES string of the molecule is CC1(C)CC(c2c(F)cccc2F)=CC(O)C1. The van der Waals surface area contributed by atoms with Crippen molar-refractivity contribution in [2.75, 3.05) is 0 Å². The van der Waals surface area contributed by atoms with Crippen LogP contribution in [-0.2, 0) is 0 Å². The van der Waals surface area contributed by atoms with Gasteiger partial charge in [0, 0.05) is 5.56 Å². The summed E-state index contributed by atoms with van der Waals surface area (Å²) in [5.74, 6) is -1.14. The van der Waals surface area contributed by atoms with Gasteiger partial charge in [-0.05, 0) is 36.0 Å². The predicted octanol–water partition coefficient (Wildman–Crippen LogP) is 3.53. The lowest BCUT2D eigenvalue weighted by Crippen LogP contribution is -2.25. The van der Waals surface area contributed by atoms with Crippen LogP contribution in [0.5, 0.6) is 0 Å². The standard InChI is InChI=1S/C14H16F2O/c1-14(2)7-9(6-10(17)8-14)13-11(15)4-3-5-12(13)16/h3-6,10,17H,7-8H2,1-2H3. The highest BCUT2D eigenvalue weighted by Gasteiger charge is 2.30. The van der Waals surface area contributed by atoms with E-state index in [1.54, 1.807) is 6.08 Å². The zero-order chi connectivity index (χ0) is 12.6. The molecule has 1 aromatic rings. The molecule has 2 rings (SSSR count). The fourth-order valence-corrected chi connectivity index (χ4v) is 2.48. The van der Waals surface area contributed by atoms with Gasteiger partial charge in [0.1, 0.15) is 11.6 Å². The van der Waals surface area contributed by atoms with E-state index in [1.165, 1.54) is 18.2 Å². The second-order valence-corrected chi connectivity index (χ2v) is 5.40. The Bertz CT molecular complexity index is 443. The number of hydrogen-bond acceptors (Lipinski definition) is 1. The summed E-state index contributed by atoms with van der Waals surface area (Å²) in [6.45, 7) is 3.98. The van der Waals surface area contributed by atoms with Crippen molar-refractivity contribution < 1.29 is 13.9 Å². The maximum Gasteiger partial charge on any atom is 0.133 e. The Kier molecular flexibility index (Phi) is 3.04. The normalized spacial score (nSPS) is 23.4. The zero-order valence-corrected chi connectivity index (χ0v) is 10.0. The molecule has 0 radical (unpaired) electrons. The van der Waals surface area contributed by atoms with Gasteiger partial charge in [-0.3, -0.25) is 0 Å². The number of allylic oxidation sites excluding steroid dienone is 1. The predicted molar refractivity (Wildman–Crippen MR) is 63.4 cm³/mol. The molecule has 1 N–H and O–H groups in total. The number of benzene rings is 1. The van der Waals surface area contributed by atoms with Gasteiger partial charge in [-0.15, -0.1) is 0 Å². The van der Waals surface area contributed by atoms with Crippen LogP contribution in [0.15, 0.2) is 24.3 Å². The van der Waals surface area contributed by atoms with Crippen LogP contribution in [0.25, 0.3) is 5.57 Å². The molecule has 1 unspecified atom stereocenters. The minimum atomic E-state index is -0.632. The molecule has 0 heterocycles. The summed E-state index contributed by atoms with van der Waals surface area (Å²) in [6.07, 6.45) is 2.12. The molecule has 0 spiro atoms. The fourth-order valence-electron chi connectivity index (χ4n) is 2.48. The van der Waals surface area contributed by atoms with Crippen molar-refractivity contribution in [2.24, 2.45) is 5.41 Å². The molecule has 0 amide bonds. The molecule has 17 heavy (non-hydrogen) atoms. The van der Waals surface area contributed by atoms with Gasteiger partial charge in [-0.25, -0.2) is 8.78 Å². The second kappa shape index (κ2) is 4.22. The Labute approximate surface area is 99.8 Å². The Morgan fingerprint density at radius 1 is 1.24 bits per heavy atom. The van der Waals surface area contributed by atoms with Crippen molar-refractivity contribution in [3.8, 4) is 0 Å². The molecular formula is C14H16F2O.